The molecule has 2 heterocycles. The Balaban J connectivity index is 2.30. The van der Waals surface area contributed by atoms with Crippen molar-refractivity contribution in [2.45, 2.75) is 5.16 Å². The molecular weight excluding hydrogens is 334 g/mol. The molecule has 118 valence electrons. The molecule has 0 amide bonds. The van der Waals surface area contributed by atoms with E-state index >= 15 is 0 Å². The Hall–Kier alpha value is -2.32. The Morgan fingerprint density at radius 1 is 1.30 bits per heavy atom. The van der Waals surface area contributed by atoms with E-state index in [-0.39, 0.29) is 10.6 Å². The largest absolute Gasteiger partial charge is 0.497 e. The second-order valence-corrected chi connectivity index (χ2v) is 6.39. The van der Waals surface area contributed by atoms with E-state index < -0.39 is 5.97 Å². The molecule has 0 saturated carbocycles. The lowest BCUT2D eigenvalue weighted by atomic mass is 10.1. The third-order valence-corrected chi connectivity index (χ3v) is 4.94. The van der Waals surface area contributed by atoms with Gasteiger partial charge >= 0.3 is 5.97 Å². The summed E-state index contributed by atoms with van der Waals surface area (Å²) in [5.41, 5.74) is 7.71. The standard InChI is InChI=1S/C15H13N3O3S2/c1-21-8-5-3-7(4-6-8)11-9-10(16)12(14(19)20)23-13(9)18-15(17-11)22-2/h3-6H,16H2,1-2H3,(H,19,20). The summed E-state index contributed by atoms with van der Waals surface area (Å²) in [5, 5.41) is 10.4. The Kier molecular flexibility index (Phi) is 4.10. The summed E-state index contributed by atoms with van der Waals surface area (Å²) in [6.45, 7) is 0. The van der Waals surface area contributed by atoms with Gasteiger partial charge in [-0.3, -0.25) is 0 Å². The van der Waals surface area contributed by atoms with Crippen molar-refractivity contribution in [1.82, 2.24) is 9.97 Å². The third-order valence-electron chi connectivity index (χ3n) is 3.31. The van der Waals surface area contributed by atoms with E-state index in [0.717, 1.165) is 22.6 Å². The maximum absolute atomic E-state index is 11.3. The van der Waals surface area contributed by atoms with E-state index in [9.17, 15) is 9.90 Å². The van der Waals surface area contributed by atoms with E-state index in [4.69, 9.17) is 10.5 Å². The number of carboxylic acids is 1. The molecule has 3 N–H and O–H groups in total. The summed E-state index contributed by atoms with van der Waals surface area (Å²) < 4.78 is 5.16. The van der Waals surface area contributed by atoms with Crippen molar-refractivity contribution in [3.8, 4) is 17.0 Å². The number of fused-ring (bicyclic) bond motifs is 1. The lowest BCUT2D eigenvalue weighted by Crippen LogP contribution is -1.98. The summed E-state index contributed by atoms with van der Waals surface area (Å²) in [7, 11) is 1.60. The highest BCUT2D eigenvalue weighted by atomic mass is 32.2. The van der Waals surface area contributed by atoms with Crippen LogP contribution in [0.15, 0.2) is 29.4 Å². The number of rotatable bonds is 4. The van der Waals surface area contributed by atoms with Gasteiger partial charge in [0.2, 0.25) is 0 Å². The normalized spacial score (nSPS) is 10.9. The molecule has 0 fully saturated rings. The second-order valence-electron chi connectivity index (χ2n) is 4.62. The first-order chi connectivity index (χ1) is 11.0. The molecular formula is C15H13N3O3S2. The van der Waals surface area contributed by atoms with Crippen molar-refractivity contribution >= 4 is 45.0 Å². The molecule has 3 rings (SSSR count). The molecule has 0 spiro atoms. The fourth-order valence-corrected chi connectivity index (χ4v) is 3.57. The van der Waals surface area contributed by atoms with Gasteiger partial charge in [-0.25, -0.2) is 14.8 Å². The minimum atomic E-state index is -1.06. The van der Waals surface area contributed by atoms with Gasteiger partial charge in [0.15, 0.2) is 5.16 Å². The molecule has 6 nitrogen and oxygen atoms in total. The molecule has 0 aliphatic rings. The van der Waals surface area contributed by atoms with Crippen molar-refractivity contribution in [1.29, 1.82) is 0 Å². The van der Waals surface area contributed by atoms with Crippen LogP contribution in [-0.4, -0.2) is 34.4 Å². The van der Waals surface area contributed by atoms with Crippen molar-refractivity contribution in [3.63, 3.8) is 0 Å². The van der Waals surface area contributed by atoms with Crippen LogP contribution in [-0.2, 0) is 0 Å². The SMILES string of the molecule is COc1ccc(-c2nc(SC)nc3sc(C(=O)O)c(N)c23)cc1. The van der Waals surface area contributed by atoms with E-state index in [2.05, 4.69) is 9.97 Å². The number of nitrogens with two attached hydrogens (primary N) is 1. The van der Waals surface area contributed by atoms with Crippen LogP contribution in [0, 0.1) is 0 Å². The van der Waals surface area contributed by atoms with Crippen molar-refractivity contribution < 1.29 is 14.6 Å². The highest BCUT2D eigenvalue weighted by Gasteiger charge is 2.21. The zero-order valence-electron chi connectivity index (χ0n) is 12.4. The summed E-state index contributed by atoms with van der Waals surface area (Å²) in [6.07, 6.45) is 1.87. The molecule has 0 saturated heterocycles. The Morgan fingerprint density at radius 3 is 2.57 bits per heavy atom. The topological polar surface area (TPSA) is 98.3 Å². The lowest BCUT2D eigenvalue weighted by molar-refractivity contribution is 0.0703. The van der Waals surface area contributed by atoms with E-state index in [0.29, 0.717) is 21.1 Å². The number of thiophene rings is 1. The van der Waals surface area contributed by atoms with Gasteiger partial charge in [-0.15, -0.1) is 11.3 Å². The molecule has 0 aliphatic carbocycles. The summed E-state index contributed by atoms with van der Waals surface area (Å²) in [4.78, 5) is 20.9. The molecule has 23 heavy (non-hydrogen) atoms. The van der Waals surface area contributed by atoms with Gasteiger partial charge in [0.25, 0.3) is 0 Å². The van der Waals surface area contributed by atoms with E-state index in [1.807, 2.05) is 30.5 Å². The fourth-order valence-electron chi connectivity index (χ4n) is 2.21. The molecule has 2 aromatic heterocycles. The Morgan fingerprint density at radius 2 is 2.00 bits per heavy atom. The van der Waals surface area contributed by atoms with Crippen LogP contribution < -0.4 is 10.5 Å². The van der Waals surface area contributed by atoms with Gasteiger partial charge in [0.1, 0.15) is 15.5 Å². The number of methoxy groups -OCH3 is 1. The summed E-state index contributed by atoms with van der Waals surface area (Å²) >= 11 is 2.46. The van der Waals surface area contributed by atoms with Crippen molar-refractivity contribution in [3.05, 3.63) is 29.1 Å². The number of hydrogen-bond acceptors (Lipinski definition) is 7. The van der Waals surface area contributed by atoms with E-state index in [1.54, 1.807) is 7.11 Å². The first-order valence-corrected chi connectivity index (χ1v) is 8.61. The number of ether oxygens (including phenoxy) is 1. The van der Waals surface area contributed by atoms with Crippen molar-refractivity contribution in [2.75, 3.05) is 19.1 Å². The average Bonchev–Trinajstić information content (AvgIpc) is 2.91. The van der Waals surface area contributed by atoms with Gasteiger partial charge < -0.3 is 15.6 Å². The van der Waals surface area contributed by atoms with Crippen LogP contribution in [0.5, 0.6) is 5.75 Å². The number of aromatic carboxylic acids is 1. The monoisotopic (exact) mass is 347 g/mol. The smallest absolute Gasteiger partial charge is 0.348 e. The number of thioether (sulfide) groups is 1. The zero-order valence-corrected chi connectivity index (χ0v) is 14.0. The third kappa shape index (κ3) is 2.71. The molecule has 0 unspecified atom stereocenters. The van der Waals surface area contributed by atoms with Crippen molar-refractivity contribution in [2.24, 2.45) is 0 Å². The van der Waals surface area contributed by atoms with Crippen LogP contribution in [0.3, 0.4) is 0 Å². The minimum Gasteiger partial charge on any atom is -0.497 e. The van der Waals surface area contributed by atoms with Gasteiger partial charge in [-0.2, -0.15) is 0 Å². The zero-order chi connectivity index (χ0) is 16.6. The predicted molar refractivity (Wildman–Crippen MR) is 92.6 cm³/mol. The molecule has 8 heteroatoms. The van der Waals surface area contributed by atoms with Gasteiger partial charge in [0, 0.05) is 5.56 Å². The highest BCUT2D eigenvalue weighted by Crippen LogP contribution is 2.39. The maximum atomic E-state index is 11.3. The molecule has 0 radical (unpaired) electrons. The fraction of sp³-hybridized carbons (Fsp3) is 0.133. The van der Waals surface area contributed by atoms with Gasteiger partial charge in [0.05, 0.1) is 23.9 Å². The van der Waals surface area contributed by atoms with Crippen LogP contribution in [0.4, 0.5) is 5.69 Å². The van der Waals surface area contributed by atoms with Gasteiger partial charge in [-0.05, 0) is 30.5 Å². The summed E-state index contributed by atoms with van der Waals surface area (Å²) in [6, 6.07) is 7.37. The number of nitrogen functional groups attached to an aromatic ring is 1. The number of nitrogens with zero attached hydrogens (tertiary/aromatic N) is 2. The molecule has 0 atom stereocenters. The quantitative estimate of drug-likeness (QED) is 0.551. The van der Waals surface area contributed by atoms with Gasteiger partial charge in [-0.1, -0.05) is 11.8 Å². The predicted octanol–water partition coefficient (Wildman–Crippen LogP) is 3.37. The highest BCUT2D eigenvalue weighted by molar-refractivity contribution is 7.98. The second kappa shape index (κ2) is 6.05. The minimum absolute atomic E-state index is 0.0855. The Labute approximate surface area is 140 Å². The van der Waals surface area contributed by atoms with E-state index in [1.165, 1.54) is 11.8 Å². The van der Waals surface area contributed by atoms with Crippen LogP contribution in [0.25, 0.3) is 21.5 Å². The number of carbonyl (C=O) groups is 1. The lowest BCUT2D eigenvalue weighted by Gasteiger charge is -2.07. The van der Waals surface area contributed by atoms with Crippen LogP contribution in [0.2, 0.25) is 0 Å². The first-order valence-electron chi connectivity index (χ1n) is 6.57. The molecule has 1 aromatic carbocycles. The number of carboxylic acid groups (broad SMARTS) is 1. The Bertz CT molecular complexity index is 891. The number of hydrogen-bond donors (Lipinski definition) is 2. The number of benzene rings is 1. The molecule has 0 bridgehead atoms. The molecule has 0 aliphatic heterocycles. The average molecular weight is 347 g/mol. The summed E-state index contributed by atoms with van der Waals surface area (Å²) in [5.74, 6) is -0.328. The maximum Gasteiger partial charge on any atom is 0.348 e. The van der Waals surface area contributed by atoms with Crippen LogP contribution in [0.1, 0.15) is 9.67 Å². The molecule has 3 aromatic rings. The number of anilines is 1. The van der Waals surface area contributed by atoms with Crippen LogP contribution >= 0.6 is 23.1 Å². The first kappa shape index (κ1) is 15.6. The number of aromatic nitrogens is 2.